The fourth-order valence-electron chi connectivity index (χ4n) is 4.58. The van der Waals surface area contributed by atoms with Crippen LogP contribution in [0.3, 0.4) is 0 Å². The predicted octanol–water partition coefficient (Wildman–Crippen LogP) is 5.00. The van der Waals surface area contributed by atoms with Crippen LogP contribution in [0.2, 0.25) is 0 Å². The molecule has 0 radical (unpaired) electrons. The van der Waals surface area contributed by atoms with Crippen molar-refractivity contribution in [3.63, 3.8) is 0 Å². The molecule has 0 saturated carbocycles. The van der Waals surface area contributed by atoms with E-state index < -0.39 is 24.1 Å². The summed E-state index contributed by atoms with van der Waals surface area (Å²) in [6.45, 7) is -1.01. The number of rotatable bonds is 6. The molecule has 0 spiro atoms. The second-order valence-corrected chi connectivity index (χ2v) is 9.73. The normalized spacial score (nSPS) is 20.9. The lowest BCUT2D eigenvalue weighted by molar-refractivity contribution is -0.146. The number of terminal acetylenes is 1. The van der Waals surface area contributed by atoms with Gasteiger partial charge in [0.15, 0.2) is 0 Å². The van der Waals surface area contributed by atoms with E-state index in [2.05, 4.69) is 5.92 Å². The van der Waals surface area contributed by atoms with E-state index in [-0.39, 0.29) is 32.0 Å². The van der Waals surface area contributed by atoms with Crippen molar-refractivity contribution in [2.24, 2.45) is 0 Å². The van der Waals surface area contributed by atoms with Crippen molar-refractivity contribution >= 4 is 23.4 Å². The van der Waals surface area contributed by atoms with Crippen LogP contribution in [0.15, 0.2) is 46.2 Å². The van der Waals surface area contributed by atoms with E-state index >= 15 is 0 Å². The number of fused-ring (bicyclic) bond motifs is 1. The molecule has 9 heteroatoms. The van der Waals surface area contributed by atoms with Crippen molar-refractivity contribution in [3.8, 4) is 12.3 Å². The number of carbonyl (C=O) groups excluding carboxylic acids is 1. The highest BCUT2D eigenvalue weighted by Gasteiger charge is 2.44. The zero-order valence-electron chi connectivity index (χ0n) is 18.6. The highest BCUT2D eigenvalue weighted by Crippen LogP contribution is 2.41. The van der Waals surface area contributed by atoms with E-state index in [1.165, 1.54) is 28.8 Å². The summed E-state index contributed by atoms with van der Waals surface area (Å²) in [6.07, 6.45) is 2.36. The smallest absolute Gasteiger partial charge is 0.356 e. The van der Waals surface area contributed by atoms with Gasteiger partial charge in [0.1, 0.15) is 18.0 Å². The summed E-state index contributed by atoms with van der Waals surface area (Å²) in [6, 6.07) is 10.2. The number of amides is 1. The molecule has 2 aliphatic heterocycles. The lowest BCUT2D eigenvalue weighted by atomic mass is 9.92. The third-order valence-corrected chi connectivity index (χ3v) is 7.13. The maximum Gasteiger partial charge on any atom is 0.401 e. The Hall–Kier alpha value is -2.54. The van der Waals surface area contributed by atoms with Crippen molar-refractivity contribution in [1.29, 1.82) is 0 Å². The average Bonchev–Trinajstić information content (AvgIpc) is 3.17. The number of anilines is 1. The molecule has 1 fully saturated rings. The minimum absolute atomic E-state index is 0.0268. The van der Waals surface area contributed by atoms with Gasteiger partial charge in [-0.05, 0) is 60.4 Å². The minimum Gasteiger partial charge on any atom is -0.356 e. The van der Waals surface area contributed by atoms with Crippen molar-refractivity contribution in [2.45, 2.75) is 40.8 Å². The molecule has 2 heterocycles. The predicted molar refractivity (Wildman–Crippen MR) is 122 cm³/mol. The molecule has 0 aliphatic carbocycles. The van der Waals surface area contributed by atoms with E-state index in [1.54, 1.807) is 18.0 Å². The number of benzene rings is 2. The maximum absolute atomic E-state index is 14.7. The third-order valence-electron chi connectivity index (χ3n) is 6.17. The number of carbonyl (C=O) groups is 1. The van der Waals surface area contributed by atoms with Gasteiger partial charge in [0.2, 0.25) is 5.91 Å². The molecule has 34 heavy (non-hydrogen) atoms. The van der Waals surface area contributed by atoms with Gasteiger partial charge in [-0.3, -0.25) is 9.69 Å². The Balaban J connectivity index is 1.61. The standard InChI is InChI=1S/C25H24F4N2O2S/c1-3-10-33-24(8-9-31(15-24)16-25(27,28)29)18-12-19(26)14-21(13-18)34-20-5-6-22-17(11-20)4-7-23(32)30(22)2/h1,5-6,11-14H,4,7-10,15-16H2,2H3. The van der Waals surface area contributed by atoms with Gasteiger partial charge in [0.05, 0.1) is 6.54 Å². The first-order valence-corrected chi connectivity index (χ1v) is 11.7. The maximum atomic E-state index is 14.7. The van der Waals surface area contributed by atoms with Crippen LogP contribution in [0, 0.1) is 18.2 Å². The molecule has 4 nitrogen and oxygen atoms in total. The highest BCUT2D eigenvalue weighted by molar-refractivity contribution is 7.99. The summed E-state index contributed by atoms with van der Waals surface area (Å²) in [7, 11) is 1.74. The molecule has 0 N–H and O–H groups in total. The van der Waals surface area contributed by atoms with Crippen molar-refractivity contribution in [3.05, 3.63) is 53.3 Å². The zero-order valence-corrected chi connectivity index (χ0v) is 19.4. The highest BCUT2D eigenvalue weighted by atomic mass is 32.2. The summed E-state index contributed by atoms with van der Waals surface area (Å²) in [5.41, 5.74) is 1.25. The molecule has 1 atom stereocenters. The largest absolute Gasteiger partial charge is 0.401 e. The van der Waals surface area contributed by atoms with Crippen molar-refractivity contribution in [2.75, 3.05) is 38.2 Å². The number of ether oxygens (including phenoxy) is 1. The molecule has 1 amide bonds. The summed E-state index contributed by atoms with van der Waals surface area (Å²) < 4.78 is 59.4. The van der Waals surface area contributed by atoms with Crippen LogP contribution in [0.1, 0.15) is 24.0 Å². The van der Waals surface area contributed by atoms with Crippen molar-refractivity contribution < 1.29 is 27.1 Å². The van der Waals surface area contributed by atoms with Gasteiger partial charge >= 0.3 is 6.18 Å². The third kappa shape index (κ3) is 5.40. The lowest BCUT2D eigenvalue weighted by Crippen LogP contribution is -2.38. The van der Waals surface area contributed by atoms with E-state index in [4.69, 9.17) is 11.2 Å². The Morgan fingerprint density at radius 1 is 1.18 bits per heavy atom. The number of hydrogen-bond acceptors (Lipinski definition) is 4. The van der Waals surface area contributed by atoms with Gasteiger partial charge in [-0.25, -0.2) is 4.39 Å². The number of alkyl halides is 3. The first kappa shape index (κ1) is 24.6. The quantitative estimate of drug-likeness (QED) is 0.420. The number of nitrogens with zero attached hydrogens (tertiary/aromatic N) is 2. The monoisotopic (exact) mass is 492 g/mol. The second kappa shape index (κ2) is 9.61. The molecular formula is C25H24F4N2O2S. The second-order valence-electron chi connectivity index (χ2n) is 8.58. The number of halogens is 4. The van der Waals surface area contributed by atoms with Crippen LogP contribution >= 0.6 is 11.8 Å². The fourth-order valence-corrected chi connectivity index (χ4v) is 5.55. The number of aryl methyl sites for hydroxylation is 1. The van der Waals surface area contributed by atoms with Crippen LogP contribution in [-0.2, 0) is 21.6 Å². The Kier molecular flexibility index (Phi) is 6.94. The van der Waals surface area contributed by atoms with Gasteiger partial charge in [-0.2, -0.15) is 13.2 Å². The number of hydrogen-bond donors (Lipinski definition) is 0. The summed E-state index contributed by atoms with van der Waals surface area (Å²) in [5, 5.41) is 0. The average molecular weight is 493 g/mol. The van der Waals surface area contributed by atoms with Gasteiger partial charge in [0.25, 0.3) is 0 Å². The number of likely N-dealkylation sites (tertiary alicyclic amines) is 1. The summed E-state index contributed by atoms with van der Waals surface area (Å²) in [5.74, 6) is 1.93. The van der Waals surface area contributed by atoms with Crippen LogP contribution in [0.4, 0.5) is 23.2 Å². The first-order valence-electron chi connectivity index (χ1n) is 10.8. The SMILES string of the molecule is C#CCOC1(c2cc(F)cc(Sc3ccc4c(c3)CCC(=O)N4C)c2)CCN(CC(F)(F)F)C1. The Bertz CT molecular complexity index is 1130. The van der Waals surface area contributed by atoms with Gasteiger partial charge in [0, 0.05) is 42.0 Å². The molecule has 2 aromatic carbocycles. The molecule has 2 aliphatic rings. The Labute approximate surface area is 200 Å². The molecular weight excluding hydrogens is 468 g/mol. The van der Waals surface area contributed by atoms with Gasteiger partial charge in [-0.15, -0.1) is 6.42 Å². The molecule has 0 aromatic heterocycles. The van der Waals surface area contributed by atoms with Gasteiger partial charge < -0.3 is 9.64 Å². The topological polar surface area (TPSA) is 32.8 Å². The van der Waals surface area contributed by atoms with E-state index in [0.29, 0.717) is 23.3 Å². The fraction of sp³-hybridized carbons (Fsp3) is 0.400. The molecule has 4 rings (SSSR count). The summed E-state index contributed by atoms with van der Waals surface area (Å²) in [4.78, 5) is 16.3. The first-order chi connectivity index (χ1) is 16.1. The molecule has 1 unspecified atom stereocenters. The zero-order chi connectivity index (χ0) is 24.5. The van der Waals surface area contributed by atoms with Crippen LogP contribution in [0.25, 0.3) is 0 Å². The Morgan fingerprint density at radius 2 is 1.97 bits per heavy atom. The van der Waals surface area contributed by atoms with E-state index in [1.807, 2.05) is 18.2 Å². The Morgan fingerprint density at radius 3 is 2.71 bits per heavy atom. The van der Waals surface area contributed by atoms with Crippen LogP contribution < -0.4 is 4.90 Å². The van der Waals surface area contributed by atoms with E-state index in [0.717, 1.165) is 16.1 Å². The minimum atomic E-state index is -4.34. The van der Waals surface area contributed by atoms with Crippen LogP contribution in [-0.4, -0.2) is 50.3 Å². The molecule has 2 aromatic rings. The lowest BCUT2D eigenvalue weighted by Gasteiger charge is -2.30. The van der Waals surface area contributed by atoms with Crippen molar-refractivity contribution in [1.82, 2.24) is 4.90 Å². The van der Waals surface area contributed by atoms with Gasteiger partial charge in [-0.1, -0.05) is 17.7 Å². The van der Waals surface area contributed by atoms with E-state index in [9.17, 15) is 22.4 Å². The van der Waals surface area contributed by atoms with Crippen LogP contribution in [0.5, 0.6) is 0 Å². The molecule has 0 bridgehead atoms. The summed E-state index contributed by atoms with van der Waals surface area (Å²) >= 11 is 1.35. The molecule has 180 valence electrons. The molecule has 1 saturated heterocycles.